The van der Waals surface area contributed by atoms with Gasteiger partial charge in [-0.05, 0) is 12.8 Å². The predicted molar refractivity (Wildman–Crippen MR) is 86.0 cm³/mol. The van der Waals surface area contributed by atoms with Crippen molar-refractivity contribution in [2.24, 2.45) is 5.41 Å². The van der Waals surface area contributed by atoms with E-state index < -0.39 is 0 Å². The van der Waals surface area contributed by atoms with Crippen molar-refractivity contribution >= 4 is 0 Å². The van der Waals surface area contributed by atoms with Crippen LogP contribution in [-0.4, -0.2) is 26.4 Å². The van der Waals surface area contributed by atoms with Crippen molar-refractivity contribution in [3.05, 3.63) is 25.3 Å². The lowest BCUT2D eigenvalue weighted by atomic mass is 9.78. The first-order valence-electron chi connectivity index (χ1n) is 8.20. The summed E-state index contributed by atoms with van der Waals surface area (Å²) in [6.45, 7) is 10.4. The van der Waals surface area contributed by atoms with Gasteiger partial charge in [-0.25, -0.2) is 0 Å². The van der Waals surface area contributed by atoms with E-state index in [1.54, 1.807) is 0 Å². The van der Waals surface area contributed by atoms with Gasteiger partial charge in [-0.2, -0.15) is 0 Å². The van der Waals surface area contributed by atoms with Crippen LogP contribution in [0.1, 0.15) is 57.8 Å². The first-order chi connectivity index (χ1) is 9.83. The van der Waals surface area contributed by atoms with E-state index in [-0.39, 0.29) is 5.41 Å². The molecule has 0 aromatic rings. The molecule has 0 aliphatic heterocycles. The molecular formula is C18H32O2. The van der Waals surface area contributed by atoms with E-state index >= 15 is 0 Å². The van der Waals surface area contributed by atoms with Crippen LogP contribution in [0.15, 0.2) is 25.3 Å². The highest BCUT2D eigenvalue weighted by Crippen LogP contribution is 2.34. The smallest absolute Gasteiger partial charge is 0.0645 e. The van der Waals surface area contributed by atoms with Gasteiger partial charge in [0.05, 0.1) is 26.4 Å². The molecule has 0 atom stereocenters. The van der Waals surface area contributed by atoms with Crippen molar-refractivity contribution in [3.8, 4) is 0 Å². The first-order valence-corrected chi connectivity index (χ1v) is 8.20. The highest BCUT2D eigenvalue weighted by Gasteiger charge is 2.30. The molecule has 1 saturated carbocycles. The molecule has 1 fully saturated rings. The molecule has 0 aromatic heterocycles. The fourth-order valence-electron chi connectivity index (χ4n) is 3.06. The topological polar surface area (TPSA) is 18.5 Å². The molecule has 2 heteroatoms. The largest absolute Gasteiger partial charge is 0.377 e. The summed E-state index contributed by atoms with van der Waals surface area (Å²) < 4.78 is 11.6. The summed E-state index contributed by atoms with van der Waals surface area (Å²) in [6.07, 6.45) is 15.6. The molecule has 20 heavy (non-hydrogen) atoms. The van der Waals surface area contributed by atoms with Gasteiger partial charge in [-0.3, -0.25) is 0 Å². The number of hydrogen-bond acceptors (Lipinski definition) is 2. The Labute approximate surface area is 125 Å². The zero-order chi connectivity index (χ0) is 14.5. The second-order valence-corrected chi connectivity index (χ2v) is 6.08. The van der Waals surface area contributed by atoms with Gasteiger partial charge >= 0.3 is 0 Å². The molecule has 0 amide bonds. The molecular weight excluding hydrogens is 248 g/mol. The van der Waals surface area contributed by atoms with Crippen LogP contribution in [0, 0.1) is 5.41 Å². The van der Waals surface area contributed by atoms with E-state index in [0.29, 0.717) is 13.2 Å². The van der Waals surface area contributed by atoms with Crippen molar-refractivity contribution < 1.29 is 9.47 Å². The van der Waals surface area contributed by atoms with Crippen LogP contribution in [0.5, 0.6) is 0 Å². The molecule has 0 aromatic carbocycles. The zero-order valence-corrected chi connectivity index (χ0v) is 13.1. The minimum absolute atomic E-state index is 0.198. The van der Waals surface area contributed by atoms with E-state index in [1.165, 1.54) is 57.8 Å². The van der Waals surface area contributed by atoms with Crippen LogP contribution < -0.4 is 0 Å². The summed E-state index contributed by atoms with van der Waals surface area (Å²) in [5.74, 6) is 0. The van der Waals surface area contributed by atoms with Crippen molar-refractivity contribution in [1.29, 1.82) is 0 Å². The molecule has 2 nitrogen and oxygen atoms in total. The third kappa shape index (κ3) is 7.25. The van der Waals surface area contributed by atoms with E-state index in [9.17, 15) is 0 Å². The lowest BCUT2D eigenvalue weighted by Crippen LogP contribution is -2.33. The van der Waals surface area contributed by atoms with E-state index in [1.807, 2.05) is 12.2 Å². The third-order valence-corrected chi connectivity index (χ3v) is 4.20. The Balaban J connectivity index is 2.57. The molecule has 116 valence electrons. The second-order valence-electron chi connectivity index (χ2n) is 6.08. The Hall–Kier alpha value is -0.600. The van der Waals surface area contributed by atoms with Crippen molar-refractivity contribution in [3.63, 3.8) is 0 Å². The van der Waals surface area contributed by atoms with Gasteiger partial charge in [0.25, 0.3) is 0 Å². The van der Waals surface area contributed by atoms with E-state index in [4.69, 9.17) is 9.47 Å². The number of ether oxygens (including phenoxy) is 2. The summed E-state index contributed by atoms with van der Waals surface area (Å²) in [7, 11) is 0. The maximum atomic E-state index is 5.80. The Morgan fingerprint density at radius 2 is 1.10 bits per heavy atom. The van der Waals surface area contributed by atoms with Crippen LogP contribution in [0.4, 0.5) is 0 Å². The highest BCUT2D eigenvalue weighted by atomic mass is 16.5. The Morgan fingerprint density at radius 1 is 0.700 bits per heavy atom. The summed E-state index contributed by atoms with van der Waals surface area (Å²) in [4.78, 5) is 0. The molecule has 0 N–H and O–H groups in total. The van der Waals surface area contributed by atoms with Crippen LogP contribution >= 0.6 is 0 Å². The van der Waals surface area contributed by atoms with E-state index in [2.05, 4.69) is 13.2 Å². The lowest BCUT2D eigenvalue weighted by Gasteiger charge is -2.34. The van der Waals surface area contributed by atoms with Crippen LogP contribution in [-0.2, 0) is 9.47 Å². The zero-order valence-electron chi connectivity index (χ0n) is 13.1. The Morgan fingerprint density at radius 3 is 1.50 bits per heavy atom. The average molecular weight is 280 g/mol. The Bertz CT molecular complexity index is 234. The lowest BCUT2D eigenvalue weighted by molar-refractivity contribution is -0.0225. The molecule has 1 aliphatic rings. The highest BCUT2D eigenvalue weighted by molar-refractivity contribution is 4.81. The van der Waals surface area contributed by atoms with Gasteiger partial charge in [0.15, 0.2) is 0 Å². The van der Waals surface area contributed by atoms with Gasteiger partial charge in [-0.15, -0.1) is 13.2 Å². The predicted octanol–water partition coefficient (Wildman–Crippen LogP) is 4.90. The minimum Gasteiger partial charge on any atom is -0.377 e. The molecule has 0 heterocycles. The van der Waals surface area contributed by atoms with E-state index in [0.717, 1.165) is 13.2 Å². The molecule has 0 bridgehead atoms. The van der Waals surface area contributed by atoms with Crippen molar-refractivity contribution in [2.45, 2.75) is 57.8 Å². The molecule has 0 saturated heterocycles. The monoisotopic (exact) mass is 280 g/mol. The molecule has 0 unspecified atom stereocenters. The van der Waals surface area contributed by atoms with Crippen molar-refractivity contribution in [2.75, 3.05) is 26.4 Å². The Kier molecular flexibility index (Phi) is 9.69. The fourth-order valence-corrected chi connectivity index (χ4v) is 3.06. The van der Waals surface area contributed by atoms with Gasteiger partial charge in [-0.1, -0.05) is 57.1 Å². The summed E-state index contributed by atoms with van der Waals surface area (Å²) in [6, 6.07) is 0. The quantitative estimate of drug-likeness (QED) is 0.465. The summed E-state index contributed by atoms with van der Waals surface area (Å²) in [5.41, 5.74) is 0.198. The van der Waals surface area contributed by atoms with Gasteiger partial charge in [0, 0.05) is 5.41 Å². The van der Waals surface area contributed by atoms with Crippen LogP contribution in [0.3, 0.4) is 0 Å². The van der Waals surface area contributed by atoms with Crippen molar-refractivity contribution in [1.82, 2.24) is 0 Å². The standard InChI is InChI=1S/C18H32O2/c1-3-14-19-16-18(17-20-15-4-2)12-10-8-6-5-7-9-11-13-18/h3-4H,1-2,5-17H2. The minimum atomic E-state index is 0.198. The number of hydrogen-bond donors (Lipinski definition) is 0. The molecule has 0 radical (unpaired) electrons. The molecule has 1 aliphatic carbocycles. The van der Waals surface area contributed by atoms with Gasteiger partial charge < -0.3 is 9.47 Å². The maximum absolute atomic E-state index is 5.80. The third-order valence-electron chi connectivity index (χ3n) is 4.20. The van der Waals surface area contributed by atoms with Gasteiger partial charge in [0.2, 0.25) is 0 Å². The van der Waals surface area contributed by atoms with Gasteiger partial charge in [0.1, 0.15) is 0 Å². The molecule has 0 spiro atoms. The average Bonchev–Trinajstić information content (AvgIpc) is 2.46. The number of rotatable bonds is 8. The van der Waals surface area contributed by atoms with Crippen LogP contribution in [0.2, 0.25) is 0 Å². The fraction of sp³-hybridized carbons (Fsp3) is 0.778. The van der Waals surface area contributed by atoms with Crippen LogP contribution in [0.25, 0.3) is 0 Å². The maximum Gasteiger partial charge on any atom is 0.0645 e. The summed E-state index contributed by atoms with van der Waals surface area (Å²) in [5, 5.41) is 0. The normalized spacial score (nSPS) is 20.2. The SMILES string of the molecule is C=CCOCC1(COCC=C)CCCCCCCCC1. The molecule has 1 rings (SSSR count). The first kappa shape index (κ1) is 17.5. The second kappa shape index (κ2) is 11.1. The summed E-state index contributed by atoms with van der Waals surface area (Å²) >= 11 is 0.